The monoisotopic (exact) mass is 499 g/mol. The number of aromatic nitrogens is 5. The third-order valence-corrected chi connectivity index (χ3v) is 6.16. The molecule has 3 heterocycles. The molecule has 3 aromatic heterocycles. The van der Waals surface area contributed by atoms with Crippen LogP contribution in [-0.4, -0.2) is 33.0 Å². The molecule has 8 nitrogen and oxygen atoms in total. The zero-order valence-electron chi connectivity index (χ0n) is 18.2. The van der Waals surface area contributed by atoms with Crippen LogP contribution in [0.25, 0.3) is 16.7 Å². The number of fused-ring (bicyclic) bond motifs is 1. The molecule has 30 heavy (non-hydrogen) atoms. The second-order valence-electron chi connectivity index (χ2n) is 6.42. The number of hydrogen-bond acceptors (Lipinski definition) is 5. The minimum Gasteiger partial charge on any atom is -0.277 e. The topological polar surface area (TPSA) is 94.7 Å². The molecule has 12 heteroatoms. The summed E-state index contributed by atoms with van der Waals surface area (Å²) in [4.78, 5) is 3.67. The van der Waals surface area contributed by atoms with E-state index in [1.807, 2.05) is 0 Å². The summed E-state index contributed by atoms with van der Waals surface area (Å²) in [5.74, 6) is -3.11. The number of sulfonamides is 1. The zero-order chi connectivity index (χ0) is 24.2. The van der Waals surface area contributed by atoms with Gasteiger partial charge in [0.25, 0.3) is 15.9 Å². The van der Waals surface area contributed by atoms with Gasteiger partial charge in [-0.05, 0) is 40.2 Å². The highest BCUT2D eigenvalue weighted by molar-refractivity contribution is 9.10. The molecule has 1 aromatic carbocycles. The van der Waals surface area contributed by atoms with Crippen LogP contribution in [0.5, 0.6) is 0 Å². The Bertz CT molecular complexity index is 1460. The van der Waals surface area contributed by atoms with Crippen LogP contribution in [0, 0.1) is 0 Å². The van der Waals surface area contributed by atoms with Crippen molar-refractivity contribution in [3.63, 3.8) is 0 Å². The van der Waals surface area contributed by atoms with E-state index in [0.717, 1.165) is 40.8 Å². The van der Waals surface area contributed by atoms with E-state index in [1.165, 1.54) is 12.3 Å². The first-order valence-corrected chi connectivity index (χ1v) is 10.6. The lowest BCUT2D eigenvalue weighted by atomic mass is 10.1. The van der Waals surface area contributed by atoms with Crippen molar-refractivity contribution in [2.75, 3.05) is 4.72 Å². The van der Waals surface area contributed by atoms with Gasteiger partial charge in [-0.1, -0.05) is 6.07 Å². The summed E-state index contributed by atoms with van der Waals surface area (Å²) >= 11 is 3.18. The summed E-state index contributed by atoms with van der Waals surface area (Å²) in [6.07, 6.45) is 3.31. The van der Waals surface area contributed by atoms with Gasteiger partial charge in [0.1, 0.15) is 9.50 Å². The molecule has 0 aliphatic rings. The van der Waals surface area contributed by atoms with Gasteiger partial charge in [-0.2, -0.15) is 10.2 Å². The first-order valence-electron chi connectivity index (χ1n) is 9.87. The summed E-state index contributed by atoms with van der Waals surface area (Å²) in [6.45, 7) is -1.92. The number of para-hydroxylation sites is 1. The molecule has 0 saturated carbocycles. The number of alkyl halides is 2. The van der Waals surface area contributed by atoms with Gasteiger partial charge in [0.15, 0.2) is 5.82 Å². The van der Waals surface area contributed by atoms with Gasteiger partial charge >= 0.3 is 0 Å². The van der Waals surface area contributed by atoms with Gasteiger partial charge in [0.05, 0.1) is 23.6 Å². The van der Waals surface area contributed by atoms with Crippen molar-refractivity contribution < 1.29 is 21.3 Å². The lowest BCUT2D eigenvalue weighted by Gasteiger charge is -2.11. The minimum atomic E-state index is -4.23. The maximum atomic E-state index is 13.6. The largest absolute Gasteiger partial charge is 0.277 e. The van der Waals surface area contributed by atoms with Crippen molar-refractivity contribution in [2.24, 2.45) is 6.98 Å². The first kappa shape index (κ1) is 16.9. The molecule has 0 spiro atoms. The summed E-state index contributed by atoms with van der Waals surface area (Å²) in [5, 5.41) is 8.25. The Morgan fingerprint density at radius 2 is 2.10 bits per heavy atom. The van der Waals surface area contributed by atoms with Crippen molar-refractivity contribution in [3.05, 3.63) is 59.1 Å². The standard InChI is InChI=1S/C18H15BrF2N6O2S/c1-18(20,21)11-6-7-22-15(8-11)27-10-12(9-23-27)30(28,29)25-14-5-3-4-13-16(14)26(2)24-17(13)19/h3-10,25H,1-2H3/i2D3. The Hall–Kier alpha value is -2.86. The van der Waals surface area contributed by atoms with E-state index in [1.54, 1.807) is 12.1 Å². The molecule has 156 valence electrons. The number of benzene rings is 1. The number of pyridine rings is 1. The molecule has 4 aromatic rings. The Balaban J connectivity index is 1.72. The van der Waals surface area contributed by atoms with Crippen molar-refractivity contribution in [3.8, 4) is 5.82 Å². The van der Waals surface area contributed by atoms with Crippen LogP contribution in [0.3, 0.4) is 0 Å². The molecule has 4 rings (SSSR count). The average molecular weight is 500 g/mol. The molecule has 0 bridgehead atoms. The number of anilines is 1. The molecule has 0 aliphatic heterocycles. The van der Waals surface area contributed by atoms with Crippen molar-refractivity contribution in [1.82, 2.24) is 24.5 Å². The molecule has 0 amide bonds. The number of halogens is 3. The van der Waals surface area contributed by atoms with Gasteiger partial charge in [0.2, 0.25) is 0 Å². The van der Waals surface area contributed by atoms with Crippen LogP contribution in [0.1, 0.15) is 16.6 Å². The van der Waals surface area contributed by atoms with E-state index in [4.69, 9.17) is 4.11 Å². The number of rotatable bonds is 5. The van der Waals surface area contributed by atoms with Crippen LogP contribution in [0.2, 0.25) is 0 Å². The molecule has 0 radical (unpaired) electrons. The fraction of sp³-hybridized carbons (Fsp3) is 0.167. The van der Waals surface area contributed by atoms with Crippen LogP contribution in [-0.2, 0) is 22.9 Å². The minimum absolute atomic E-state index is 0.00184. The van der Waals surface area contributed by atoms with Gasteiger partial charge in [-0.3, -0.25) is 9.40 Å². The second kappa shape index (κ2) is 7.13. The smallest absolute Gasteiger partial charge is 0.270 e. The van der Waals surface area contributed by atoms with E-state index in [2.05, 4.69) is 35.8 Å². The highest BCUT2D eigenvalue weighted by atomic mass is 79.9. The van der Waals surface area contributed by atoms with Crippen LogP contribution in [0.4, 0.5) is 14.5 Å². The van der Waals surface area contributed by atoms with Gasteiger partial charge < -0.3 is 0 Å². The fourth-order valence-corrected chi connectivity index (χ4v) is 4.28. The van der Waals surface area contributed by atoms with Crippen molar-refractivity contribution >= 4 is 42.5 Å². The lowest BCUT2D eigenvalue weighted by Crippen LogP contribution is -2.13. The predicted octanol–water partition coefficient (Wildman–Crippen LogP) is 3.83. The Labute approximate surface area is 182 Å². The summed E-state index contributed by atoms with van der Waals surface area (Å²) in [7, 11) is -4.23. The van der Waals surface area contributed by atoms with E-state index in [0.29, 0.717) is 5.39 Å². The summed E-state index contributed by atoms with van der Waals surface area (Å²) < 4.78 is 80.7. The zero-order valence-corrected chi connectivity index (χ0v) is 17.6. The number of hydrogen-bond donors (Lipinski definition) is 1. The molecule has 0 saturated heterocycles. The SMILES string of the molecule is [2H]C([2H])([2H])n1nc(Br)c2cccc(NS(=O)(=O)c3cnn(-c4cc(C(C)(F)F)ccn4)c3)c21. The number of nitrogens with zero attached hydrogens (tertiary/aromatic N) is 5. The highest BCUT2D eigenvalue weighted by Gasteiger charge is 2.25. The lowest BCUT2D eigenvalue weighted by molar-refractivity contribution is 0.0173. The van der Waals surface area contributed by atoms with E-state index >= 15 is 0 Å². The molecule has 0 fully saturated rings. The van der Waals surface area contributed by atoms with Crippen LogP contribution < -0.4 is 4.72 Å². The molecule has 0 atom stereocenters. The predicted molar refractivity (Wildman–Crippen MR) is 110 cm³/mol. The molecular weight excluding hydrogens is 482 g/mol. The molecule has 0 aliphatic carbocycles. The summed E-state index contributed by atoms with van der Waals surface area (Å²) in [6, 6.07) is 6.78. The maximum absolute atomic E-state index is 13.6. The highest BCUT2D eigenvalue weighted by Crippen LogP contribution is 2.30. The normalized spacial score (nSPS) is 14.3. The van der Waals surface area contributed by atoms with E-state index < -0.39 is 22.9 Å². The Morgan fingerprint density at radius 1 is 1.30 bits per heavy atom. The average Bonchev–Trinajstić information content (AvgIpc) is 3.34. The van der Waals surface area contributed by atoms with Crippen molar-refractivity contribution in [2.45, 2.75) is 17.7 Å². The van der Waals surface area contributed by atoms with E-state index in [-0.39, 0.29) is 32.1 Å². The number of nitrogens with one attached hydrogen (secondary N) is 1. The van der Waals surface area contributed by atoms with E-state index in [9.17, 15) is 17.2 Å². The molecule has 0 unspecified atom stereocenters. The maximum Gasteiger partial charge on any atom is 0.270 e. The fourth-order valence-electron chi connectivity index (χ4n) is 2.80. The first-order chi connectivity index (χ1) is 15.3. The Kier molecular flexibility index (Phi) is 4.01. The third kappa shape index (κ3) is 3.67. The number of aryl methyl sites for hydroxylation is 1. The summed E-state index contributed by atoms with van der Waals surface area (Å²) in [5.41, 5.74) is -0.263. The van der Waals surface area contributed by atoms with Gasteiger partial charge in [-0.15, -0.1) is 0 Å². The second-order valence-corrected chi connectivity index (χ2v) is 8.86. The van der Waals surface area contributed by atoms with Crippen LogP contribution in [0.15, 0.2) is 58.4 Å². The van der Waals surface area contributed by atoms with Gasteiger partial charge in [-0.25, -0.2) is 26.9 Å². The third-order valence-electron chi connectivity index (χ3n) is 4.26. The Morgan fingerprint density at radius 3 is 2.83 bits per heavy atom. The van der Waals surface area contributed by atoms with Gasteiger partial charge in [0, 0.05) is 35.2 Å². The molecular formula is C18H15BrF2N6O2S. The quantitative estimate of drug-likeness (QED) is 0.450. The molecule has 1 N–H and O–H groups in total. The van der Waals surface area contributed by atoms with Crippen molar-refractivity contribution in [1.29, 1.82) is 0 Å². The van der Waals surface area contributed by atoms with Crippen LogP contribution >= 0.6 is 15.9 Å².